The Balaban J connectivity index is 2.03. The van der Waals surface area contributed by atoms with Crippen molar-refractivity contribution in [2.24, 2.45) is 0 Å². The average molecular weight is 361 g/mol. The van der Waals surface area contributed by atoms with Crippen LogP contribution in [-0.2, 0) is 5.04 Å². The molecule has 0 aliphatic heterocycles. The van der Waals surface area contributed by atoms with Gasteiger partial charge in [0.25, 0.3) is 11.4 Å². The summed E-state index contributed by atoms with van der Waals surface area (Å²) in [7, 11) is 0. The Labute approximate surface area is 138 Å². The first-order valence-electron chi connectivity index (χ1n) is 5.77. The maximum Gasteiger partial charge on any atom is 0.291 e. The third-order valence-corrected chi connectivity index (χ3v) is 3.13. The number of nitro groups is 2. The fourth-order valence-corrected chi connectivity index (χ4v) is 1.84. The van der Waals surface area contributed by atoms with Crippen molar-refractivity contribution in [1.29, 1.82) is 0 Å². The normalized spacial score (nSPS) is 10.2. The van der Waals surface area contributed by atoms with Crippen LogP contribution >= 0.6 is 23.2 Å². The Bertz CT molecular complexity index is 706. The van der Waals surface area contributed by atoms with Crippen LogP contribution in [0.4, 0.5) is 11.4 Å². The second-order valence-electron chi connectivity index (χ2n) is 3.98. The van der Waals surface area contributed by atoms with E-state index < -0.39 is 9.85 Å². The minimum absolute atomic E-state index is 0.0513. The van der Waals surface area contributed by atoms with Gasteiger partial charge in [-0.15, -0.1) is 0 Å². The Morgan fingerprint density at radius 1 is 0.783 bits per heavy atom. The van der Waals surface area contributed by atoms with Gasteiger partial charge in [-0.2, -0.15) is 0 Å². The van der Waals surface area contributed by atoms with E-state index >= 15 is 0 Å². The van der Waals surface area contributed by atoms with Gasteiger partial charge in [-0.1, -0.05) is 23.2 Å². The summed E-state index contributed by atoms with van der Waals surface area (Å²) in [5, 5.41) is 25.7. The SMILES string of the molecule is O=[N+]([O-])c1cc(OOOc2ccc(Cl)c([N+](=O)[O-])c2)ccc1Cl. The Hall–Kier alpha value is -2.62. The summed E-state index contributed by atoms with van der Waals surface area (Å²) in [4.78, 5) is 29.4. The van der Waals surface area contributed by atoms with E-state index in [4.69, 9.17) is 33.0 Å². The Morgan fingerprint density at radius 2 is 1.17 bits per heavy atom. The van der Waals surface area contributed by atoms with Gasteiger partial charge in [-0.25, -0.2) is 0 Å². The maximum atomic E-state index is 10.7. The standard InChI is InChI=1S/C12H6Cl2N2O7/c13-9-3-1-7(5-11(9)15(17)18)21-23-22-8-2-4-10(14)12(6-8)16(19)20/h1-6H. The summed E-state index contributed by atoms with van der Waals surface area (Å²) in [6.07, 6.45) is 0. The van der Waals surface area contributed by atoms with Gasteiger partial charge < -0.3 is 0 Å². The largest absolute Gasteiger partial charge is 0.299 e. The highest BCUT2D eigenvalue weighted by Gasteiger charge is 2.16. The molecule has 120 valence electrons. The van der Waals surface area contributed by atoms with E-state index in [-0.39, 0.29) is 32.9 Å². The zero-order valence-corrected chi connectivity index (χ0v) is 12.5. The lowest BCUT2D eigenvalue weighted by Gasteiger charge is -2.05. The van der Waals surface area contributed by atoms with Crippen molar-refractivity contribution < 1.29 is 24.7 Å². The van der Waals surface area contributed by atoms with Gasteiger partial charge in [0.15, 0.2) is 11.5 Å². The fraction of sp³-hybridized carbons (Fsp3) is 0. The number of hydrogen-bond acceptors (Lipinski definition) is 7. The van der Waals surface area contributed by atoms with E-state index in [9.17, 15) is 20.2 Å². The third-order valence-electron chi connectivity index (χ3n) is 2.49. The van der Waals surface area contributed by atoms with Crippen LogP contribution in [0.25, 0.3) is 0 Å². The molecule has 2 aromatic carbocycles. The van der Waals surface area contributed by atoms with Crippen LogP contribution in [0, 0.1) is 20.2 Å². The number of benzene rings is 2. The minimum atomic E-state index is -0.696. The molecule has 0 fully saturated rings. The van der Waals surface area contributed by atoms with Crippen molar-refractivity contribution in [3.63, 3.8) is 0 Å². The van der Waals surface area contributed by atoms with E-state index in [2.05, 4.69) is 5.04 Å². The topological polar surface area (TPSA) is 114 Å². The lowest BCUT2D eigenvalue weighted by atomic mass is 10.3. The van der Waals surface area contributed by atoms with Gasteiger partial charge in [0.1, 0.15) is 10.0 Å². The Kier molecular flexibility index (Phi) is 5.16. The van der Waals surface area contributed by atoms with Crippen LogP contribution in [0.1, 0.15) is 0 Å². The van der Waals surface area contributed by atoms with Crippen molar-refractivity contribution in [3.8, 4) is 11.5 Å². The van der Waals surface area contributed by atoms with E-state index in [0.29, 0.717) is 0 Å². The minimum Gasteiger partial charge on any atom is -0.299 e. The second kappa shape index (κ2) is 7.09. The molecule has 2 aromatic rings. The molecule has 2 rings (SSSR count). The zero-order chi connectivity index (χ0) is 17.0. The molecule has 0 amide bonds. The van der Waals surface area contributed by atoms with Gasteiger partial charge in [0, 0.05) is 5.04 Å². The quantitative estimate of drug-likeness (QED) is 0.432. The van der Waals surface area contributed by atoms with Crippen molar-refractivity contribution in [3.05, 3.63) is 66.7 Å². The van der Waals surface area contributed by atoms with Crippen molar-refractivity contribution in [2.75, 3.05) is 0 Å². The van der Waals surface area contributed by atoms with Crippen LogP contribution in [0.2, 0.25) is 10.0 Å². The van der Waals surface area contributed by atoms with Crippen LogP contribution in [0.5, 0.6) is 11.5 Å². The summed E-state index contributed by atoms with van der Waals surface area (Å²) in [6.45, 7) is 0. The number of hydrogen-bond donors (Lipinski definition) is 0. The Morgan fingerprint density at radius 3 is 1.52 bits per heavy atom. The summed E-state index contributed by atoms with van der Waals surface area (Å²) in [5.41, 5.74) is -0.759. The number of rotatable bonds is 6. The molecule has 0 heterocycles. The molecule has 0 saturated heterocycles. The molecule has 0 bridgehead atoms. The van der Waals surface area contributed by atoms with Gasteiger partial charge >= 0.3 is 0 Å². The first kappa shape index (κ1) is 16.7. The smallest absolute Gasteiger partial charge is 0.291 e. The van der Waals surface area contributed by atoms with Crippen LogP contribution in [0.3, 0.4) is 0 Å². The monoisotopic (exact) mass is 360 g/mol. The first-order chi connectivity index (χ1) is 10.9. The molecule has 0 atom stereocenters. The van der Waals surface area contributed by atoms with E-state index in [0.717, 1.165) is 12.1 Å². The van der Waals surface area contributed by atoms with Crippen molar-refractivity contribution in [2.45, 2.75) is 0 Å². The molecule has 0 spiro atoms. The summed E-state index contributed by atoms with van der Waals surface area (Å²) in [6, 6.07) is 7.15. The fourth-order valence-electron chi connectivity index (χ4n) is 1.46. The molecule has 11 heteroatoms. The molecular formula is C12H6Cl2N2O7. The third kappa shape index (κ3) is 4.19. The average Bonchev–Trinajstić information content (AvgIpc) is 2.50. The van der Waals surface area contributed by atoms with Gasteiger partial charge in [-0.05, 0) is 24.3 Å². The zero-order valence-electron chi connectivity index (χ0n) is 11.0. The molecule has 0 aromatic heterocycles. The van der Waals surface area contributed by atoms with Crippen LogP contribution in [0.15, 0.2) is 36.4 Å². The maximum absolute atomic E-state index is 10.7. The molecule has 23 heavy (non-hydrogen) atoms. The van der Waals surface area contributed by atoms with Gasteiger partial charge in [0.05, 0.1) is 22.0 Å². The van der Waals surface area contributed by atoms with Crippen molar-refractivity contribution in [1.82, 2.24) is 0 Å². The summed E-state index contributed by atoms with van der Waals surface area (Å²) in [5.74, 6) is -0.103. The molecule has 0 radical (unpaired) electrons. The van der Waals surface area contributed by atoms with E-state index in [1.165, 1.54) is 24.3 Å². The molecule has 0 aliphatic rings. The molecule has 9 nitrogen and oxygen atoms in total. The van der Waals surface area contributed by atoms with Crippen molar-refractivity contribution >= 4 is 34.6 Å². The van der Waals surface area contributed by atoms with E-state index in [1.807, 2.05) is 0 Å². The summed E-state index contributed by atoms with van der Waals surface area (Å²) >= 11 is 11.3. The highest BCUT2D eigenvalue weighted by Crippen LogP contribution is 2.30. The summed E-state index contributed by atoms with van der Waals surface area (Å²) < 4.78 is 0. The molecule has 0 N–H and O–H groups in total. The molecule has 0 aliphatic carbocycles. The lowest BCUT2D eigenvalue weighted by Crippen LogP contribution is -2.03. The number of halogens is 2. The molecule has 0 unspecified atom stereocenters. The first-order valence-corrected chi connectivity index (χ1v) is 6.53. The molecule has 0 saturated carbocycles. The van der Waals surface area contributed by atoms with E-state index in [1.54, 1.807) is 0 Å². The highest BCUT2D eigenvalue weighted by atomic mass is 35.5. The second-order valence-corrected chi connectivity index (χ2v) is 4.79. The van der Waals surface area contributed by atoms with Gasteiger partial charge in [0.2, 0.25) is 0 Å². The number of nitro benzene ring substituents is 2. The number of nitrogens with zero attached hydrogens (tertiary/aromatic N) is 2. The highest BCUT2D eigenvalue weighted by molar-refractivity contribution is 6.33. The van der Waals surface area contributed by atoms with Gasteiger partial charge in [-0.3, -0.25) is 30.0 Å². The van der Waals surface area contributed by atoms with Crippen LogP contribution in [-0.4, -0.2) is 9.85 Å². The predicted molar refractivity (Wildman–Crippen MR) is 78.6 cm³/mol. The van der Waals surface area contributed by atoms with Crippen LogP contribution < -0.4 is 9.78 Å². The molecular weight excluding hydrogens is 355 g/mol. The predicted octanol–water partition coefficient (Wildman–Crippen LogP) is 4.11. The lowest BCUT2D eigenvalue weighted by molar-refractivity contribution is -0.413.